The second-order valence-corrected chi connectivity index (χ2v) is 5.90. The smallest absolute Gasteiger partial charge is 0.164 e. The van der Waals surface area contributed by atoms with E-state index in [2.05, 4.69) is 76.1 Å². The van der Waals surface area contributed by atoms with E-state index in [1.807, 2.05) is 6.07 Å². The van der Waals surface area contributed by atoms with Gasteiger partial charge in [-0.15, -0.1) is 10.2 Å². The van der Waals surface area contributed by atoms with Crippen LogP contribution in [-0.2, 0) is 6.54 Å². The van der Waals surface area contributed by atoms with Crippen molar-refractivity contribution < 1.29 is 0 Å². The molecule has 0 aliphatic carbocycles. The third-order valence-corrected chi connectivity index (χ3v) is 4.38. The van der Waals surface area contributed by atoms with Crippen molar-refractivity contribution in [2.75, 3.05) is 0 Å². The summed E-state index contributed by atoms with van der Waals surface area (Å²) in [5, 5.41) is 9.68. The van der Waals surface area contributed by atoms with Crippen molar-refractivity contribution in [2.45, 2.75) is 20.4 Å². The van der Waals surface area contributed by atoms with E-state index in [-0.39, 0.29) is 0 Å². The second kappa shape index (κ2) is 5.39. The number of H-pyrrole nitrogens is 1. The van der Waals surface area contributed by atoms with Crippen molar-refractivity contribution in [3.8, 4) is 11.4 Å². The Bertz CT molecular complexity index is 964. The van der Waals surface area contributed by atoms with E-state index in [9.17, 15) is 0 Å². The van der Waals surface area contributed by atoms with Gasteiger partial charge in [0.15, 0.2) is 5.82 Å². The van der Waals surface area contributed by atoms with Gasteiger partial charge in [-0.05, 0) is 43.2 Å². The molecule has 23 heavy (non-hydrogen) atoms. The Morgan fingerprint density at radius 2 is 1.87 bits per heavy atom. The lowest BCUT2D eigenvalue weighted by Crippen LogP contribution is -2.00. The van der Waals surface area contributed by atoms with Crippen LogP contribution >= 0.6 is 0 Å². The van der Waals surface area contributed by atoms with E-state index in [1.54, 1.807) is 6.33 Å². The molecular weight excluding hydrogens is 284 g/mol. The van der Waals surface area contributed by atoms with E-state index in [0.29, 0.717) is 0 Å². The zero-order valence-corrected chi connectivity index (χ0v) is 13.2. The number of rotatable bonds is 3. The molecule has 2 aromatic heterocycles. The molecule has 2 aromatic carbocycles. The highest BCUT2D eigenvalue weighted by atomic mass is 15.3. The van der Waals surface area contributed by atoms with Crippen LogP contribution in [0.3, 0.4) is 0 Å². The molecule has 0 aliphatic rings. The molecule has 0 atom stereocenters. The Kier molecular flexibility index (Phi) is 3.23. The molecule has 0 saturated carbocycles. The number of benzene rings is 2. The molecule has 4 aromatic rings. The first-order valence-corrected chi connectivity index (χ1v) is 7.73. The molecule has 0 amide bonds. The quantitative estimate of drug-likeness (QED) is 0.619. The maximum Gasteiger partial charge on any atom is 0.164 e. The Balaban J connectivity index is 1.77. The van der Waals surface area contributed by atoms with Crippen molar-refractivity contribution in [3.63, 3.8) is 0 Å². The van der Waals surface area contributed by atoms with Crippen molar-refractivity contribution in [3.05, 3.63) is 71.7 Å². The van der Waals surface area contributed by atoms with Gasteiger partial charge < -0.3 is 9.55 Å². The van der Waals surface area contributed by atoms with Crippen LogP contribution in [0.25, 0.3) is 22.3 Å². The van der Waals surface area contributed by atoms with Gasteiger partial charge in [0, 0.05) is 22.2 Å². The number of aromatic nitrogens is 4. The average Bonchev–Trinajstić information content (AvgIpc) is 3.14. The third kappa shape index (κ3) is 2.42. The zero-order valence-electron chi connectivity index (χ0n) is 13.2. The van der Waals surface area contributed by atoms with Gasteiger partial charge in [0.1, 0.15) is 6.33 Å². The van der Waals surface area contributed by atoms with Crippen molar-refractivity contribution >= 4 is 10.9 Å². The summed E-state index contributed by atoms with van der Waals surface area (Å²) >= 11 is 0. The lowest BCUT2D eigenvalue weighted by molar-refractivity contribution is 0.803. The Morgan fingerprint density at radius 3 is 2.70 bits per heavy atom. The lowest BCUT2D eigenvalue weighted by Gasteiger charge is -2.07. The molecule has 2 heterocycles. The maximum absolute atomic E-state index is 4.33. The van der Waals surface area contributed by atoms with Crippen LogP contribution < -0.4 is 0 Å². The minimum Gasteiger partial charge on any atom is -0.358 e. The minimum atomic E-state index is 0.770. The van der Waals surface area contributed by atoms with Crippen LogP contribution in [0, 0.1) is 13.8 Å². The molecule has 0 unspecified atom stereocenters. The molecule has 114 valence electrons. The number of nitrogens with one attached hydrogen (secondary N) is 1. The number of nitrogens with zero attached hydrogens (tertiary/aromatic N) is 3. The predicted octanol–water partition coefficient (Wildman–Crippen LogP) is 4.09. The first-order chi connectivity index (χ1) is 11.2. The van der Waals surface area contributed by atoms with Crippen molar-refractivity contribution in [2.24, 2.45) is 0 Å². The van der Waals surface area contributed by atoms with Gasteiger partial charge in [0.25, 0.3) is 0 Å². The number of hydrogen-bond acceptors (Lipinski definition) is 2. The molecule has 4 heteroatoms. The molecule has 4 rings (SSSR count). The Labute approximate surface area is 134 Å². The summed E-state index contributed by atoms with van der Waals surface area (Å²) in [6.45, 7) is 5.02. The minimum absolute atomic E-state index is 0.770. The van der Waals surface area contributed by atoms with Gasteiger partial charge >= 0.3 is 0 Å². The van der Waals surface area contributed by atoms with Crippen LogP contribution in [0.1, 0.15) is 16.8 Å². The SMILES string of the molecule is Cc1[nH]c2ccc(-c3nncn3Cc3ccccc3)cc2c1C. The number of hydrogen-bond donors (Lipinski definition) is 1. The van der Waals surface area contributed by atoms with E-state index < -0.39 is 0 Å². The molecule has 0 bridgehead atoms. The molecule has 0 radical (unpaired) electrons. The molecule has 4 nitrogen and oxygen atoms in total. The maximum atomic E-state index is 4.33. The molecule has 0 saturated heterocycles. The first kappa shape index (κ1) is 13.8. The summed E-state index contributed by atoms with van der Waals surface area (Å²) in [7, 11) is 0. The molecular formula is C19H18N4. The van der Waals surface area contributed by atoms with Crippen LogP contribution in [-0.4, -0.2) is 19.7 Å². The fourth-order valence-electron chi connectivity index (χ4n) is 2.97. The average molecular weight is 302 g/mol. The van der Waals surface area contributed by atoms with E-state index >= 15 is 0 Å². The van der Waals surface area contributed by atoms with Crippen LogP contribution in [0.15, 0.2) is 54.9 Å². The summed E-state index contributed by atoms with van der Waals surface area (Å²) in [6, 6.07) is 16.8. The van der Waals surface area contributed by atoms with E-state index in [1.165, 1.54) is 22.2 Å². The second-order valence-electron chi connectivity index (χ2n) is 5.90. The third-order valence-electron chi connectivity index (χ3n) is 4.38. The van der Waals surface area contributed by atoms with Gasteiger partial charge in [-0.3, -0.25) is 0 Å². The fourth-order valence-corrected chi connectivity index (χ4v) is 2.97. The van der Waals surface area contributed by atoms with Gasteiger partial charge in [0.05, 0.1) is 6.54 Å². The topological polar surface area (TPSA) is 46.5 Å². The highest BCUT2D eigenvalue weighted by Crippen LogP contribution is 2.27. The van der Waals surface area contributed by atoms with E-state index in [4.69, 9.17) is 0 Å². The Hall–Kier alpha value is -2.88. The molecule has 1 N–H and O–H groups in total. The molecule has 0 fully saturated rings. The summed E-state index contributed by atoms with van der Waals surface area (Å²) in [5.41, 5.74) is 5.99. The zero-order chi connectivity index (χ0) is 15.8. The normalized spacial score (nSPS) is 11.2. The van der Waals surface area contributed by atoms with Gasteiger partial charge in [0.2, 0.25) is 0 Å². The highest BCUT2D eigenvalue weighted by Gasteiger charge is 2.11. The molecule has 0 spiro atoms. The van der Waals surface area contributed by atoms with Gasteiger partial charge in [-0.1, -0.05) is 30.3 Å². The monoisotopic (exact) mass is 302 g/mol. The summed E-state index contributed by atoms with van der Waals surface area (Å²) in [5.74, 6) is 0.897. The summed E-state index contributed by atoms with van der Waals surface area (Å²) in [4.78, 5) is 3.41. The van der Waals surface area contributed by atoms with Crippen LogP contribution in [0.5, 0.6) is 0 Å². The predicted molar refractivity (Wildman–Crippen MR) is 92.3 cm³/mol. The first-order valence-electron chi connectivity index (χ1n) is 7.73. The number of aromatic amines is 1. The summed E-state index contributed by atoms with van der Waals surface area (Å²) < 4.78 is 2.09. The lowest BCUT2D eigenvalue weighted by atomic mass is 10.1. The van der Waals surface area contributed by atoms with Crippen molar-refractivity contribution in [1.82, 2.24) is 19.7 Å². The number of fused-ring (bicyclic) bond motifs is 1. The highest BCUT2D eigenvalue weighted by molar-refractivity contribution is 5.88. The standard InChI is InChI=1S/C19H18N4/c1-13-14(2)21-18-9-8-16(10-17(13)18)19-22-20-12-23(19)11-15-6-4-3-5-7-15/h3-10,12,21H,11H2,1-2H3. The molecule has 0 aliphatic heterocycles. The summed E-state index contributed by atoms with van der Waals surface area (Å²) in [6.07, 6.45) is 1.79. The largest absolute Gasteiger partial charge is 0.358 e. The van der Waals surface area contributed by atoms with E-state index in [0.717, 1.165) is 23.4 Å². The Morgan fingerprint density at radius 1 is 1.04 bits per heavy atom. The van der Waals surface area contributed by atoms with Gasteiger partial charge in [-0.25, -0.2) is 0 Å². The van der Waals surface area contributed by atoms with Crippen molar-refractivity contribution in [1.29, 1.82) is 0 Å². The van der Waals surface area contributed by atoms with Gasteiger partial charge in [-0.2, -0.15) is 0 Å². The van der Waals surface area contributed by atoms with Crippen LogP contribution in [0.2, 0.25) is 0 Å². The van der Waals surface area contributed by atoms with Crippen LogP contribution in [0.4, 0.5) is 0 Å². The number of aryl methyl sites for hydroxylation is 2. The fraction of sp³-hybridized carbons (Fsp3) is 0.158.